The summed E-state index contributed by atoms with van der Waals surface area (Å²) in [5, 5.41) is 15.3. The van der Waals surface area contributed by atoms with Gasteiger partial charge in [0.2, 0.25) is 0 Å². The molecule has 1 aromatic carbocycles. The van der Waals surface area contributed by atoms with Gasteiger partial charge in [0.15, 0.2) is 0 Å². The average Bonchev–Trinajstić information content (AvgIpc) is 3.36. The molecule has 0 unspecified atom stereocenters. The largest absolute Gasteiger partial charge is 0.506 e. The Labute approximate surface area is 161 Å². The van der Waals surface area contributed by atoms with E-state index in [9.17, 15) is 14.7 Å². The predicted molar refractivity (Wildman–Crippen MR) is 97.7 cm³/mol. The van der Waals surface area contributed by atoms with Crippen LogP contribution >= 0.6 is 31.9 Å². The van der Waals surface area contributed by atoms with Gasteiger partial charge in [-0.05, 0) is 58.2 Å². The molecular formula is C18H14Br2N2O3. The summed E-state index contributed by atoms with van der Waals surface area (Å²) in [6.45, 7) is 0. The Bertz CT molecular complexity index is 845. The van der Waals surface area contributed by atoms with Crippen molar-refractivity contribution in [3.8, 4) is 5.75 Å². The highest BCUT2D eigenvalue weighted by Gasteiger charge is 2.67. The zero-order valence-electron chi connectivity index (χ0n) is 13.0. The first kappa shape index (κ1) is 15.8. The number of carbonyl (C=O) groups excluding carboxylic acids is 2. The van der Waals surface area contributed by atoms with Gasteiger partial charge in [-0.15, -0.1) is 0 Å². The van der Waals surface area contributed by atoms with Gasteiger partial charge in [0.25, 0.3) is 11.8 Å². The van der Waals surface area contributed by atoms with Crippen LogP contribution in [-0.2, 0) is 9.59 Å². The van der Waals surface area contributed by atoms with Crippen LogP contribution in [0.5, 0.6) is 5.75 Å². The van der Waals surface area contributed by atoms with Gasteiger partial charge in [-0.25, -0.2) is 0 Å². The topological polar surface area (TPSA) is 70.0 Å². The lowest BCUT2D eigenvalue weighted by Gasteiger charge is -2.37. The minimum absolute atomic E-state index is 0.0199. The Morgan fingerprint density at radius 1 is 1.08 bits per heavy atom. The van der Waals surface area contributed by atoms with Crippen LogP contribution < -0.4 is 0 Å². The third-order valence-electron chi connectivity index (χ3n) is 6.01. The van der Waals surface area contributed by atoms with Crippen LogP contribution in [0.1, 0.15) is 12.0 Å². The number of carbonyl (C=O) groups is 2. The second-order valence-electron chi connectivity index (χ2n) is 7.21. The van der Waals surface area contributed by atoms with Crippen molar-refractivity contribution in [3.05, 3.63) is 38.8 Å². The summed E-state index contributed by atoms with van der Waals surface area (Å²) in [6.07, 6.45) is 6.78. The number of aromatic hydroxyl groups is 1. The molecule has 1 aromatic rings. The molecule has 0 radical (unpaired) electrons. The third-order valence-corrected chi connectivity index (χ3v) is 7.07. The lowest BCUT2D eigenvalue weighted by molar-refractivity contribution is -0.140. The number of benzene rings is 1. The average molecular weight is 466 g/mol. The van der Waals surface area contributed by atoms with Gasteiger partial charge in [-0.2, -0.15) is 10.1 Å². The van der Waals surface area contributed by atoms with Gasteiger partial charge in [-0.1, -0.05) is 28.1 Å². The molecule has 5 nitrogen and oxygen atoms in total. The summed E-state index contributed by atoms with van der Waals surface area (Å²) in [5.41, 5.74) is 0.431. The van der Waals surface area contributed by atoms with Crippen molar-refractivity contribution in [2.24, 2.45) is 40.6 Å². The Hall–Kier alpha value is -1.47. The monoisotopic (exact) mass is 464 g/mol. The molecule has 7 heteroatoms. The quantitative estimate of drug-likeness (QED) is 0.414. The fourth-order valence-electron chi connectivity index (χ4n) is 4.86. The molecule has 6 atom stereocenters. The maximum absolute atomic E-state index is 12.8. The number of hydrazone groups is 1. The Balaban J connectivity index is 1.47. The Morgan fingerprint density at radius 2 is 1.68 bits per heavy atom. The number of hydrogen-bond donors (Lipinski definition) is 1. The van der Waals surface area contributed by atoms with Crippen molar-refractivity contribution >= 4 is 49.9 Å². The Morgan fingerprint density at radius 3 is 2.28 bits per heavy atom. The molecule has 1 saturated heterocycles. The van der Waals surface area contributed by atoms with E-state index in [0.717, 1.165) is 15.9 Å². The summed E-state index contributed by atoms with van der Waals surface area (Å²) in [5.74, 6) is 0.608. The molecule has 2 bridgehead atoms. The minimum atomic E-state index is -0.258. The van der Waals surface area contributed by atoms with E-state index in [1.165, 1.54) is 6.21 Å². The number of amides is 2. The smallest absolute Gasteiger partial charge is 0.254 e. The molecule has 1 N–H and O–H groups in total. The molecule has 1 aliphatic heterocycles. The second-order valence-corrected chi connectivity index (χ2v) is 8.98. The molecule has 3 fully saturated rings. The van der Waals surface area contributed by atoms with Gasteiger partial charge >= 0.3 is 0 Å². The van der Waals surface area contributed by atoms with Crippen LogP contribution in [0.3, 0.4) is 0 Å². The number of phenolic OH excluding ortho intramolecular Hbond substituents is 1. The van der Waals surface area contributed by atoms with Crippen molar-refractivity contribution in [3.63, 3.8) is 0 Å². The number of rotatable bonds is 2. The summed E-state index contributed by atoms with van der Waals surface area (Å²) >= 11 is 6.61. The lowest BCUT2D eigenvalue weighted by Crippen LogP contribution is -2.40. The molecule has 1 heterocycles. The highest BCUT2D eigenvalue weighted by atomic mass is 79.9. The van der Waals surface area contributed by atoms with Crippen molar-refractivity contribution in [1.82, 2.24) is 5.01 Å². The molecule has 4 aliphatic carbocycles. The first-order chi connectivity index (χ1) is 12.0. The van der Waals surface area contributed by atoms with Gasteiger partial charge in [0.1, 0.15) is 5.75 Å². The maximum atomic E-state index is 12.8. The fourth-order valence-corrected chi connectivity index (χ4v) is 6.12. The van der Waals surface area contributed by atoms with Gasteiger partial charge in [0, 0.05) is 10.0 Å². The number of imide groups is 1. The van der Waals surface area contributed by atoms with E-state index in [0.29, 0.717) is 21.9 Å². The van der Waals surface area contributed by atoms with E-state index in [4.69, 9.17) is 0 Å². The summed E-state index contributed by atoms with van der Waals surface area (Å²) in [7, 11) is 0. The fraction of sp³-hybridized carbons (Fsp3) is 0.389. The first-order valence-electron chi connectivity index (χ1n) is 8.25. The van der Waals surface area contributed by atoms with E-state index in [1.54, 1.807) is 12.1 Å². The van der Waals surface area contributed by atoms with E-state index >= 15 is 0 Å². The third kappa shape index (κ3) is 2.15. The molecule has 0 spiro atoms. The van der Waals surface area contributed by atoms with Crippen molar-refractivity contribution in [2.45, 2.75) is 6.42 Å². The molecular weight excluding hydrogens is 452 g/mol. The van der Waals surface area contributed by atoms with E-state index in [1.807, 2.05) is 0 Å². The molecule has 25 heavy (non-hydrogen) atoms. The van der Waals surface area contributed by atoms with Gasteiger partial charge in [-0.3, -0.25) is 9.59 Å². The van der Waals surface area contributed by atoms with Crippen LogP contribution in [0.2, 0.25) is 0 Å². The molecule has 6 rings (SSSR count). The predicted octanol–water partition coefficient (Wildman–Crippen LogP) is 3.30. The first-order valence-corrected chi connectivity index (χ1v) is 9.84. The molecule has 2 saturated carbocycles. The van der Waals surface area contributed by atoms with Crippen LogP contribution in [-0.4, -0.2) is 28.1 Å². The van der Waals surface area contributed by atoms with E-state index in [2.05, 4.69) is 49.1 Å². The number of halogens is 2. The zero-order valence-corrected chi connectivity index (χ0v) is 16.1. The van der Waals surface area contributed by atoms with Gasteiger partial charge in [0.05, 0.1) is 22.5 Å². The number of allylic oxidation sites excluding steroid dienone is 2. The van der Waals surface area contributed by atoms with Crippen LogP contribution in [0.15, 0.2) is 38.3 Å². The van der Waals surface area contributed by atoms with E-state index in [-0.39, 0.29) is 41.2 Å². The van der Waals surface area contributed by atoms with Crippen molar-refractivity contribution in [2.75, 3.05) is 0 Å². The molecule has 2 amide bonds. The summed E-state index contributed by atoms with van der Waals surface area (Å²) < 4.78 is 1.27. The highest BCUT2D eigenvalue weighted by Crippen LogP contribution is 2.65. The molecule has 5 aliphatic rings. The number of phenols is 1. The number of hydrogen-bond acceptors (Lipinski definition) is 4. The van der Waals surface area contributed by atoms with Crippen LogP contribution in [0, 0.1) is 35.5 Å². The number of nitrogens with zero attached hydrogens (tertiary/aromatic N) is 2. The normalized spacial score (nSPS) is 37.8. The zero-order chi connectivity index (χ0) is 17.5. The molecule has 0 aromatic heterocycles. The maximum Gasteiger partial charge on any atom is 0.254 e. The molecule has 128 valence electrons. The van der Waals surface area contributed by atoms with Crippen LogP contribution in [0.25, 0.3) is 0 Å². The van der Waals surface area contributed by atoms with E-state index < -0.39 is 0 Å². The second kappa shape index (κ2) is 5.27. The van der Waals surface area contributed by atoms with Crippen LogP contribution in [0.4, 0.5) is 0 Å². The van der Waals surface area contributed by atoms with Gasteiger partial charge < -0.3 is 5.11 Å². The SMILES string of the molecule is O=C1[C@@H]2[C@H]3C=C[C@@H]([C@@H]4C[C@H]34)[C@H]2C(=O)N1/N=C\c1cc(Br)cc(Br)c1O. The summed E-state index contributed by atoms with van der Waals surface area (Å²) in [4.78, 5) is 25.6. The highest BCUT2D eigenvalue weighted by molar-refractivity contribution is 9.11. The Kier molecular flexibility index (Phi) is 3.32. The standard InChI is InChI=1S/C18H14Br2N2O3/c19-8-3-7(16(23)13(20)4-8)6-21-22-17(24)14-9-1-2-10(12-5-11(9)12)15(14)18(22)25/h1-4,6,9-12,14-15,23H,5H2/b21-6-/t9-,10-,11-,12+,14+,15+/m0/s1. The van der Waals surface area contributed by atoms with Crippen molar-refractivity contribution < 1.29 is 14.7 Å². The van der Waals surface area contributed by atoms with Crippen molar-refractivity contribution in [1.29, 1.82) is 0 Å². The summed E-state index contributed by atoms with van der Waals surface area (Å²) in [6, 6.07) is 3.39. The minimum Gasteiger partial charge on any atom is -0.506 e. The lowest BCUT2D eigenvalue weighted by atomic mass is 9.63.